The Balaban J connectivity index is 1.57. The Labute approximate surface area is 195 Å². The zero-order chi connectivity index (χ0) is 23.6. The average Bonchev–Trinajstić information content (AvgIpc) is 3.16. The zero-order valence-corrected chi connectivity index (χ0v) is 19.0. The first-order chi connectivity index (χ1) is 16.4. The lowest BCUT2D eigenvalue weighted by Crippen LogP contribution is -2.40. The molecule has 0 radical (unpaired) electrons. The molecule has 2 saturated heterocycles. The molecule has 1 N–H and O–H groups in total. The van der Waals surface area contributed by atoms with Crippen LogP contribution in [0.4, 0.5) is 14.6 Å². The van der Waals surface area contributed by atoms with E-state index in [9.17, 15) is 9.50 Å². The molecule has 4 aromatic rings. The molecular formula is C26H24F2N4O2. The molecule has 0 amide bonds. The topological polar surface area (TPSA) is 71.4 Å². The summed E-state index contributed by atoms with van der Waals surface area (Å²) in [5.41, 5.74) is 0.988. The highest BCUT2D eigenvalue weighted by Gasteiger charge is 2.35. The molecule has 6 rings (SSSR count). The first kappa shape index (κ1) is 21.2. The van der Waals surface area contributed by atoms with Crippen molar-refractivity contribution in [3.8, 4) is 17.0 Å². The van der Waals surface area contributed by atoms with Crippen LogP contribution in [0, 0.1) is 24.5 Å². The van der Waals surface area contributed by atoms with Crippen LogP contribution in [0.3, 0.4) is 0 Å². The van der Waals surface area contributed by atoms with Crippen molar-refractivity contribution in [2.45, 2.75) is 32.8 Å². The highest BCUT2D eigenvalue weighted by Crippen LogP contribution is 2.39. The summed E-state index contributed by atoms with van der Waals surface area (Å²) in [5.74, 6) is 0.521. The number of ether oxygens (including phenoxy) is 1. The van der Waals surface area contributed by atoms with E-state index in [1.807, 2.05) is 6.92 Å². The zero-order valence-electron chi connectivity index (χ0n) is 19.0. The summed E-state index contributed by atoms with van der Waals surface area (Å²) in [6.45, 7) is 5.81. The molecule has 2 atom stereocenters. The molecule has 2 aliphatic heterocycles. The van der Waals surface area contributed by atoms with Crippen LogP contribution in [0.2, 0.25) is 0 Å². The van der Waals surface area contributed by atoms with Crippen molar-refractivity contribution in [2.24, 2.45) is 5.92 Å². The van der Waals surface area contributed by atoms with E-state index in [1.54, 1.807) is 25.3 Å². The number of hydrogen-bond acceptors (Lipinski definition) is 6. The molecule has 2 fully saturated rings. The standard InChI is InChI=1S/C26H24F2N4O2/c1-3-18-21(27)5-4-15-7-16(33)8-19(22(15)18)24-23(28)25-20(9-29-24)26(31-13(2)30-25)32-10-14-6-17(11-32)34-12-14/h4-5,7-9,14,17,33H,3,6,10-12H2,1-2H3/t14-,17+/m0/s1. The van der Waals surface area contributed by atoms with Crippen molar-refractivity contribution in [2.75, 3.05) is 24.6 Å². The number of aryl methyl sites for hydroxylation is 2. The summed E-state index contributed by atoms with van der Waals surface area (Å²) in [7, 11) is 0. The third kappa shape index (κ3) is 3.27. The summed E-state index contributed by atoms with van der Waals surface area (Å²) >= 11 is 0. The molecule has 2 bridgehead atoms. The third-order valence-corrected chi connectivity index (χ3v) is 6.90. The molecule has 8 heteroatoms. The third-order valence-electron chi connectivity index (χ3n) is 6.90. The van der Waals surface area contributed by atoms with Crippen LogP contribution in [-0.2, 0) is 11.2 Å². The smallest absolute Gasteiger partial charge is 0.175 e. The maximum Gasteiger partial charge on any atom is 0.175 e. The van der Waals surface area contributed by atoms with Gasteiger partial charge in [0, 0.05) is 30.8 Å². The molecule has 4 heterocycles. The Morgan fingerprint density at radius 3 is 2.82 bits per heavy atom. The Kier molecular flexibility index (Phi) is 4.88. The van der Waals surface area contributed by atoms with Crippen LogP contribution in [0.1, 0.15) is 24.7 Å². The number of anilines is 1. The van der Waals surface area contributed by atoms with Gasteiger partial charge in [-0.2, -0.15) is 0 Å². The van der Waals surface area contributed by atoms with Crippen molar-refractivity contribution in [1.82, 2.24) is 15.0 Å². The van der Waals surface area contributed by atoms with E-state index in [1.165, 1.54) is 12.1 Å². The number of phenols is 1. The van der Waals surface area contributed by atoms with Gasteiger partial charge in [-0.3, -0.25) is 4.98 Å². The van der Waals surface area contributed by atoms with E-state index in [2.05, 4.69) is 19.9 Å². The van der Waals surface area contributed by atoms with Crippen LogP contribution in [-0.4, -0.2) is 45.9 Å². The molecule has 2 aromatic heterocycles. The molecule has 0 unspecified atom stereocenters. The van der Waals surface area contributed by atoms with Crippen molar-refractivity contribution in [1.29, 1.82) is 0 Å². The van der Waals surface area contributed by atoms with Crippen LogP contribution in [0.5, 0.6) is 5.75 Å². The van der Waals surface area contributed by atoms with Crippen molar-refractivity contribution < 1.29 is 18.6 Å². The molecule has 6 nitrogen and oxygen atoms in total. The monoisotopic (exact) mass is 462 g/mol. The fourth-order valence-electron chi connectivity index (χ4n) is 5.45. The lowest BCUT2D eigenvalue weighted by atomic mass is 9.94. The second kappa shape index (κ2) is 7.84. The number of aromatic hydroxyl groups is 1. The number of hydrogen-bond donors (Lipinski definition) is 1. The van der Waals surface area contributed by atoms with Gasteiger partial charge < -0.3 is 14.7 Å². The van der Waals surface area contributed by atoms with E-state index >= 15 is 4.39 Å². The fourth-order valence-corrected chi connectivity index (χ4v) is 5.45. The van der Waals surface area contributed by atoms with E-state index in [-0.39, 0.29) is 28.9 Å². The Hall–Kier alpha value is -3.39. The highest BCUT2D eigenvalue weighted by molar-refractivity contribution is 6.01. The van der Waals surface area contributed by atoms with E-state index in [0.29, 0.717) is 57.8 Å². The summed E-state index contributed by atoms with van der Waals surface area (Å²) in [4.78, 5) is 15.6. The number of halogens is 2. The van der Waals surface area contributed by atoms with E-state index in [4.69, 9.17) is 4.74 Å². The number of phenolic OH excluding ortho intramolecular Hbond substituents is 1. The minimum absolute atomic E-state index is 0.0276. The SMILES string of the molecule is CCc1c(F)ccc2cc(O)cc(-c3ncc4c(N5C[C@H]6CO[C@H](C6)C5)nc(C)nc4c3F)c12. The lowest BCUT2D eigenvalue weighted by molar-refractivity contribution is 0.119. The number of pyridine rings is 1. The second-order valence-corrected chi connectivity index (χ2v) is 9.21. The van der Waals surface area contributed by atoms with Gasteiger partial charge in [-0.1, -0.05) is 13.0 Å². The van der Waals surface area contributed by atoms with Gasteiger partial charge >= 0.3 is 0 Å². The Bertz CT molecular complexity index is 1450. The van der Waals surface area contributed by atoms with Gasteiger partial charge in [-0.15, -0.1) is 0 Å². The largest absolute Gasteiger partial charge is 0.508 e. The molecule has 174 valence electrons. The molecule has 2 aliphatic rings. The summed E-state index contributed by atoms with van der Waals surface area (Å²) in [5, 5.41) is 12.0. The number of piperidine rings is 1. The molecular weight excluding hydrogens is 438 g/mol. The van der Waals surface area contributed by atoms with Gasteiger partial charge in [-0.25, -0.2) is 18.7 Å². The van der Waals surface area contributed by atoms with Crippen molar-refractivity contribution in [3.05, 3.63) is 53.5 Å². The van der Waals surface area contributed by atoms with Crippen molar-refractivity contribution >= 4 is 27.5 Å². The molecule has 0 aliphatic carbocycles. The molecule has 34 heavy (non-hydrogen) atoms. The minimum atomic E-state index is -0.612. The number of rotatable bonds is 3. The van der Waals surface area contributed by atoms with Crippen molar-refractivity contribution in [3.63, 3.8) is 0 Å². The summed E-state index contributed by atoms with van der Waals surface area (Å²) < 4.78 is 36.5. The molecule has 2 aromatic carbocycles. The van der Waals surface area contributed by atoms with Gasteiger partial charge in [-0.05, 0) is 54.3 Å². The number of aromatic nitrogens is 3. The van der Waals surface area contributed by atoms with Crippen LogP contribution in [0.15, 0.2) is 30.5 Å². The summed E-state index contributed by atoms with van der Waals surface area (Å²) in [6, 6.07) is 5.94. The van der Waals surface area contributed by atoms with E-state index in [0.717, 1.165) is 19.6 Å². The molecule has 0 spiro atoms. The maximum atomic E-state index is 16.1. The first-order valence-electron chi connectivity index (χ1n) is 11.6. The summed E-state index contributed by atoms with van der Waals surface area (Å²) in [6.07, 6.45) is 3.19. The Morgan fingerprint density at radius 2 is 2.03 bits per heavy atom. The normalized spacial score (nSPS) is 19.9. The molecule has 0 saturated carbocycles. The Morgan fingerprint density at radius 1 is 1.18 bits per heavy atom. The number of fused-ring (bicyclic) bond motifs is 4. The predicted octanol–water partition coefficient (Wildman–Crippen LogP) is 4.92. The fraction of sp³-hybridized carbons (Fsp3) is 0.346. The maximum absolute atomic E-state index is 16.1. The van der Waals surface area contributed by atoms with Gasteiger partial charge in [0.05, 0.1) is 18.1 Å². The first-order valence-corrected chi connectivity index (χ1v) is 11.6. The second-order valence-electron chi connectivity index (χ2n) is 9.21. The average molecular weight is 463 g/mol. The number of benzene rings is 2. The predicted molar refractivity (Wildman–Crippen MR) is 126 cm³/mol. The van der Waals surface area contributed by atoms with Crippen LogP contribution >= 0.6 is 0 Å². The highest BCUT2D eigenvalue weighted by atomic mass is 19.1. The number of nitrogens with zero attached hydrogens (tertiary/aromatic N) is 4. The minimum Gasteiger partial charge on any atom is -0.508 e. The van der Waals surface area contributed by atoms with Gasteiger partial charge in [0.2, 0.25) is 0 Å². The van der Waals surface area contributed by atoms with Gasteiger partial charge in [0.15, 0.2) is 5.82 Å². The lowest BCUT2D eigenvalue weighted by Gasteiger charge is -2.32. The van der Waals surface area contributed by atoms with Crippen LogP contribution in [0.25, 0.3) is 32.9 Å². The quantitative estimate of drug-likeness (QED) is 0.466. The van der Waals surface area contributed by atoms with Gasteiger partial charge in [0.1, 0.15) is 34.4 Å². The van der Waals surface area contributed by atoms with Crippen LogP contribution < -0.4 is 4.90 Å². The van der Waals surface area contributed by atoms with E-state index < -0.39 is 5.82 Å². The van der Waals surface area contributed by atoms with Gasteiger partial charge in [0.25, 0.3) is 0 Å².